The third-order valence-electron chi connectivity index (χ3n) is 3.55. The van der Waals surface area contributed by atoms with Crippen molar-refractivity contribution in [1.82, 2.24) is 10.6 Å². The molecule has 148 valence electrons. The van der Waals surface area contributed by atoms with Gasteiger partial charge < -0.3 is 36.0 Å². The summed E-state index contributed by atoms with van der Waals surface area (Å²) in [7, 11) is -4.70. The first-order valence-corrected chi connectivity index (χ1v) is 9.32. The van der Waals surface area contributed by atoms with Gasteiger partial charge in [-0.3, -0.25) is 14.1 Å². The maximum Gasteiger partial charge on any atom is 0.469 e. The molecule has 0 bridgehead atoms. The van der Waals surface area contributed by atoms with Crippen molar-refractivity contribution in [3.8, 4) is 0 Å². The smallest absolute Gasteiger partial charge is 0.469 e. The molecule has 0 saturated carbocycles. The van der Waals surface area contributed by atoms with Gasteiger partial charge >= 0.3 is 13.8 Å². The minimum atomic E-state index is -4.70. The zero-order chi connectivity index (χ0) is 19.7. The Morgan fingerprint density at radius 3 is 2.81 bits per heavy atom. The third-order valence-corrected chi connectivity index (χ3v) is 4.01. The highest BCUT2D eigenvalue weighted by Gasteiger charge is 2.32. The number of carboxylic acids is 1. The van der Waals surface area contributed by atoms with Crippen molar-refractivity contribution < 1.29 is 38.3 Å². The summed E-state index contributed by atoms with van der Waals surface area (Å²) in [4.78, 5) is 41.3. The number of hydrogen-bond acceptors (Lipinski definition) is 8. The van der Waals surface area contributed by atoms with Gasteiger partial charge in [0.15, 0.2) is 5.78 Å². The number of carboxylic acid groups (broad SMARTS) is 1. The summed E-state index contributed by atoms with van der Waals surface area (Å²) in [6.45, 7) is 1.63. The van der Waals surface area contributed by atoms with Crippen molar-refractivity contribution in [2.75, 3.05) is 26.3 Å². The number of rotatable bonds is 11. The Balaban J connectivity index is 2.76. The molecule has 26 heavy (non-hydrogen) atoms. The Morgan fingerprint density at radius 2 is 2.23 bits per heavy atom. The molecule has 3 atom stereocenters. The number of ether oxygens (including phenoxy) is 1. The lowest BCUT2D eigenvalue weighted by Crippen LogP contribution is -2.47. The first-order valence-electron chi connectivity index (χ1n) is 7.79. The lowest BCUT2D eigenvalue weighted by molar-refractivity contribution is -0.138. The van der Waals surface area contributed by atoms with Crippen LogP contribution in [-0.2, 0) is 23.4 Å². The number of carbonyl (C=O) groups is 2. The molecule has 0 amide bonds. The Hall–Kier alpha value is -1.75. The number of ketones is 1. The fraction of sp³-hybridized carbons (Fsp3) is 0.571. The molecule has 1 rings (SSSR count). The van der Waals surface area contributed by atoms with E-state index in [1.807, 2.05) is 0 Å². The van der Waals surface area contributed by atoms with Gasteiger partial charge in [-0.2, -0.15) is 0 Å². The van der Waals surface area contributed by atoms with Crippen LogP contribution in [0.4, 0.5) is 0 Å². The summed E-state index contributed by atoms with van der Waals surface area (Å²) in [5.41, 5.74) is 5.56. The Labute approximate surface area is 150 Å². The van der Waals surface area contributed by atoms with Crippen LogP contribution in [0.25, 0.3) is 0 Å². The summed E-state index contributed by atoms with van der Waals surface area (Å²) in [5, 5.41) is 14.7. The molecular formula is C14H24N3O8P. The number of Topliss-reactive ketones (excluding diaryl/α,β-unsaturated/α-hetero) is 1. The molecule has 1 heterocycles. The van der Waals surface area contributed by atoms with Crippen LogP contribution in [0, 0.1) is 5.92 Å². The largest absolute Gasteiger partial charge is 0.500 e. The van der Waals surface area contributed by atoms with Crippen LogP contribution in [0.2, 0.25) is 0 Å². The molecule has 0 aromatic carbocycles. The highest BCUT2D eigenvalue weighted by atomic mass is 31.2. The van der Waals surface area contributed by atoms with E-state index in [1.54, 1.807) is 6.92 Å². The first-order chi connectivity index (χ1) is 12.2. The predicted octanol–water partition coefficient (Wildman–Crippen LogP) is -1.31. The van der Waals surface area contributed by atoms with E-state index in [9.17, 15) is 19.3 Å². The molecule has 0 radical (unpaired) electrons. The molecule has 0 spiro atoms. The van der Waals surface area contributed by atoms with Gasteiger partial charge in [0.1, 0.15) is 6.04 Å². The second kappa shape index (κ2) is 10.4. The molecule has 3 unspecified atom stereocenters. The van der Waals surface area contributed by atoms with Gasteiger partial charge in [0.05, 0.1) is 31.4 Å². The van der Waals surface area contributed by atoms with Gasteiger partial charge in [-0.05, 0) is 24.8 Å². The minimum Gasteiger partial charge on any atom is -0.500 e. The maximum absolute atomic E-state index is 12.3. The molecule has 1 aliphatic heterocycles. The van der Waals surface area contributed by atoms with Gasteiger partial charge in [-0.1, -0.05) is 0 Å². The van der Waals surface area contributed by atoms with Crippen LogP contribution in [0.5, 0.6) is 0 Å². The van der Waals surface area contributed by atoms with Crippen LogP contribution < -0.4 is 16.4 Å². The molecule has 11 nitrogen and oxygen atoms in total. The van der Waals surface area contributed by atoms with Crippen molar-refractivity contribution in [3.05, 3.63) is 24.1 Å². The normalized spacial score (nSPS) is 22.0. The zero-order valence-electron chi connectivity index (χ0n) is 14.2. The van der Waals surface area contributed by atoms with E-state index in [0.29, 0.717) is 5.57 Å². The van der Waals surface area contributed by atoms with E-state index >= 15 is 0 Å². The van der Waals surface area contributed by atoms with Crippen LogP contribution in [0.15, 0.2) is 24.1 Å². The SMILES string of the molecule is CC1NC=C(COP(=O)(O)O)C(CNC(/C=C/OCCN)C(=O)O)C1=O. The van der Waals surface area contributed by atoms with E-state index in [4.69, 9.17) is 20.3 Å². The van der Waals surface area contributed by atoms with Gasteiger partial charge in [-0.25, -0.2) is 4.57 Å². The monoisotopic (exact) mass is 393 g/mol. The minimum absolute atomic E-state index is 0.0561. The number of nitrogens with two attached hydrogens (primary N) is 1. The van der Waals surface area contributed by atoms with Crippen molar-refractivity contribution in [1.29, 1.82) is 0 Å². The van der Waals surface area contributed by atoms with E-state index in [1.165, 1.54) is 18.5 Å². The molecule has 1 aliphatic rings. The molecule has 0 aromatic rings. The lowest BCUT2D eigenvalue weighted by Gasteiger charge is -2.29. The Kier molecular flexibility index (Phi) is 8.93. The topological polar surface area (TPSA) is 180 Å². The Bertz CT molecular complexity index is 603. The number of phosphoric ester groups is 1. The number of hydrogen-bond donors (Lipinski definition) is 6. The number of aliphatic carboxylic acids is 1. The van der Waals surface area contributed by atoms with Gasteiger partial charge in [0, 0.05) is 13.1 Å². The van der Waals surface area contributed by atoms with Crippen LogP contribution in [0.3, 0.4) is 0 Å². The molecule has 0 fully saturated rings. The van der Waals surface area contributed by atoms with Gasteiger partial charge in [0.25, 0.3) is 0 Å². The van der Waals surface area contributed by atoms with Crippen molar-refractivity contribution >= 4 is 19.6 Å². The average Bonchev–Trinajstić information content (AvgIpc) is 2.55. The van der Waals surface area contributed by atoms with Crippen molar-refractivity contribution in [3.63, 3.8) is 0 Å². The standard InChI is InChI=1S/C14H24N3O8P/c1-9-13(18)11(10(6-16-9)8-25-26(21,22)23)7-17-12(14(19)20)2-4-24-5-3-15/h2,4,6,9,11-12,16-17H,3,5,7-8,15H2,1H3,(H,19,20)(H2,21,22,23)/b4-2+. The fourth-order valence-electron chi connectivity index (χ4n) is 2.18. The Morgan fingerprint density at radius 1 is 1.54 bits per heavy atom. The third kappa shape index (κ3) is 7.65. The summed E-state index contributed by atoms with van der Waals surface area (Å²) < 4.78 is 20.3. The van der Waals surface area contributed by atoms with E-state index in [-0.39, 0.29) is 25.5 Å². The lowest BCUT2D eigenvalue weighted by atomic mass is 9.88. The van der Waals surface area contributed by atoms with Gasteiger partial charge in [0.2, 0.25) is 0 Å². The number of carbonyl (C=O) groups excluding carboxylic acids is 1. The molecular weight excluding hydrogens is 369 g/mol. The predicted molar refractivity (Wildman–Crippen MR) is 90.7 cm³/mol. The van der Waals surface area contributed by atoms with Crippen LogP contribution in [-0.4, -0.2) is 65.0 Å². The summed E-state index contributed by atoms with van der Waals surface area (Å²) >= 11 is 0. The molecule has 7 N–H and O–H groups in total. The fourth-order valence-corrected chi connectivity index (χ4v) is 2.50. The van der Waals surface area contributed by atoms with E-state index in [2.05, 4.69) is 15.2 Å². The van der Waals surface area contributed by atoms with E-state index < -0.39 is 38.4 Å². The summed E-state index contributed by atoms with van der Waals surface area (Å²) in [6, 6.07) is -1.64. The second-order valence-corrected chi connectivity index (χ2v) is 6.78. The van der Waals surface area contributed by atoms with Crippen LogP contribution in [0.1, 0.15) is 6.92 Å². The molecule has 0 saturated heterocycles. The summed E-state index contributed by atoms with van der Waals surface area (Å²) in [5.74, 6) is -2.22. The average molecular weight is 393 g/mol. The highest BCUT2D eigenvalue weighted by molar-refractivity contribution is 7.46. The number of nitrogens with one attached hydrogen (secondary N) is 2. The van der Waals surface area contributed by atoms with Gasteiger partial charge in [-0.15, -0.1) is 0 Å². The van der Waals surface area contributed by atoms with Crippen LogP contribution >= 0.6 is 7.82 Å². The maximum atomic E-state index is 12.3. The number of phosphoric acid groups is 1. The molecule has 0 aliphatic carbocycles. The quantitative estimate of drug-likeness (QED) is 0.139. The first kappa shape index (κ1) is 22.3. The zero-order valence-corrected chi connectivity index (χ0v) is 15.1. The second-order valence-electron chi connectivity index (χ2n) is 5.54. The van der Waals surface area contributed by atoms with E-state index in [0.717, 1.165) is 0 Å². The van der Waals surface area contributed by atoms with Crippen molar-refractivity contribution in [2.24, 2.45) is 11.7 Å². The molecule has 12 heteroatoms. The molecule has 0 aromatic heterocycles. The highest BCUT2D eigenvalue weighted by Crippen LogP contribution is 2.37. The van der Waals surface area contributed by atoms with Crippen molar-refractivity contribution in [2.45, 2.75) is 19.0 Å². The summed E-state index contributed by atoms with van der Waals surface area (Å²) in [6.07, 6.45) is 3.92.